The maximum Gasteiger partial charge on any atom is 0.258 e. The van der Waals surface area contributed by atoms with Crippen molar-refractivity contribution in [2.45, 2.75) is 18.4 Å². The van der Waals surface area contributed by atoms with Gasteiger partial charge >= 0.3 is 0 Å². The third-order valence-electron chi connectivity index (χ3n) is 3.33. The third kappa shape index (κ3) is 3.03. The quantitative estimate of drug-likeness (QED) is 0.717. The first-order valence-corrected chi connectivity index (χ1v) is 8.89. The summed E-state index contributed by atoms with van der Waals surface area (Å²) in [5.74, 6) is 2.43. The van der Waals surface area contributed by atoms with Crippen LogP contribution in [0.4, 0.5) is 0 Å². The van der Waals surface area contributed by atoms with Crippen molar-refractivity contribution < 1.29 is 4.74 Å². The highest BCUT2D eigenvalue weighted by Gasteiger charge is 2.07. The van der Waals surface area contributed by atoms with Crippen LogP contribution in [0.1, 0.15) is 17.0 Å². The van der Waals surface area contributed by atoms with Gasteiger partial charge < -0.3 is 4.74 Å². The topological polar surface area (TPSA) is 43.6 Å². The predicted octanol–water partition coefficient (Wildman–Crippen LogP) is 3.51. The van der Waals surface area contributed by atoms with E-state index in [1.165, 1.54) is 11.3 Å². The summed E-state index contributed by atoms with van der Waals surface area (Å²) in [6, 6.07) is 9.61. The van der Waals surface area contributed by atoms with Crippen LogP contribution in [0.15, 0.2) is 40.5 Å². The Kier molecular flexibility index (Phi) is 4.49. The molecular formula is C16H16N2O2S2. The Labute approximate surface area is 136 Å². The van der Waals surface area contributed by atoms with Crippen molar-refractivity contribution in [3.05, 3.63) is 63.0 Å². The zero-order valence-corrected chi connectivity index (χ0v) is 14.0. The lowest BCUT2D eigenvalue weighted by atomic mass is 10.2. The molecule has 0 aliphatic heterocycles. The number of nitrogens with zero attached hydrogens (tertiary/aromatic N) is 2. The summed E-state index contributed by atoms with van der Waals surface area (Å²) in [5.41, 5.74) is 2.91. The molecule has 22 heavy (non-hydrogen) atoms. The summed E-state index contributed by atoms with van der Waals surface area (Å²) < 4.78 is 7.00. The van der Waals surface area contributed by atoms with Crippen LogP contribution in [-0.2, 0) is 11.5 Å². The number of para-hydroxylation sites is 1. The van der Waals surface area contributed by atoms with E-state index < -0.39 is 0 Å². The van der Waals surface area contributed by atoms with Gasteiger partial charge in [-0.15, -0.1) is 11.3 Å². The fourth-order valence-electron chi connectivity index (χ4n) is 2.26. The number of rotatable bonds is 5. The molecule has 0 radical (unpaired) electrons. The summed E-state index contributed by atoms with van der Waals surface area (Å²) >= 11 is 3.23. The first kappa shape index (κ1) is 15.1. The van der Waals surface area contributed by atoms with Gasteiger partial charge in [0.2, 0.25) is 0 Å². The molecule has 0 saturated carbocycles. The maximum atomic E-state index is 12.1. The fourth-order valence-corrected chi connectivity index (χ4v) is 4.07. The van der Waals surface area contributed by atoms with Crippen molar-refractivity contribution in [2.75, 3.05) is 7.11 Å². The van der Waals surface area contributed by atoms with Crippen LogP contribution in [-0.4, -0.2) is 16.5 Å². The first-order chi connectivity index (χ1) is 10.7. The van der Waals surface area contributed by atoms with Gasteiger partial charge in [0.25, 0.3) is 5.56 Å². The number of thioether (sulfide) groups is 1. The molecule has 2 heterocycles. The molecule has 0 unspecified atom stereocenters. The minimum atomic E-state index is -0.00311. The van der Waals surface area contributed by atoms with Gasteiger partial charge in [-0.25, -0.2) is 4.98 Å². The Morgan fingerprint density at radius 1 is 1.32 bits per heavy atom. The summed E-state index contributed by atoms with van der Waals surface area (Å²) in [5, 5.41) is 1.95. The van der Waals surface area contributed by atoms with Gasteiger partial charge in [0.15, 0.2) is 4.96 Å². The molecule has 0 amide bonds. The molecule has 0 spiro atoms. The molecule has 6 heteroatoms. The monoisotopic (exact) mass is 332 g/mol. The van der Waals surface area contributed by atoms with Gasteiger partial charge in [0.05, 0.1) is 12.8 Å². The van der Waals surface area contributed by atoms with E-state index in [-0.39, 0.29) is 5.56 Å². The summed E-state index contributed by atoms with van der Waals surface area (Å²) in [4.78, 5) is 17.4. The van der Waals surface area contributed by atoms with Crippen LogP contribution < -0.4 is 10.3 Å². The van der Waals surface area contributed by atoms with Crippen molar-refractivity contribution in [3.8, 4) is 5.75 Å². The lowest BCUT2D eigenvalue weighted by Crippen LogP contribution is -2.14. The molecule has 0 bridgehead atoms. The molecule has 3 rings (SSSR count). The van der Waals surface area contributed by atoms with Crippen LogP contribution in [0.2, 0.25) is 0 Å². The number of hydrogen-bond acceptors (Lipinski definition) is 5. The zero-order chi connectivity index (χ0) is 15.5. The third-order valence-corrected chi connectivity index (χ3v) is 5.29. The second kappa shape index (κ2) is 6.54. The highest BCUT2D eigenvalue weighted by atomic mass is 32.2. The van der Waals surface area contributed by atoms with Crippen LogP contribution in [0.3, 0.4) is 0 Å². The van der Waals surface area contributed by atoms with Gasteiger partial charge in [-0.3, -0.25) is 9.20 Å². The molecule has 0 fully saturated rings. The molecular weight excluding hydrogens is 316 g/mol. The Balaban J connectivity index is 1.73. The van der Waals surface area contributed by atoms with Crippen molar-refractivity contribution in [2.24, 2.45) is 0 Å². The van der Waals surface area contributed by atoms with Crippen molar-refractivity contribution in [1.82, 2.24) is 9.38 Å². The molecule has 2 aromatic heterocycles. The van der Waals surface area contributed by atoms with Crippen molar-refractivity contribution in [3.63, 3.8) is 0 Å². The van der Waals surface area contributed by atoms with Gasteiger partial charge in [-0.2, -0.15) is 11.8 Å². The molecule has 0 saturated heterocycles. The Morgan fingerprint density at radius 3 is 2.95 bits per heavy atom. The standard InChI is InChI=1S/C16H16N2O2S2/c1-11-8-22-16-17-13(7-15(19)18(11)16)10-21-9-12-5-3-4-6-14(12)20-2/h3-8H,9-10H2,1-2H3. The maximum absolute atomic E-state index is 12.1. The average Bonchev–Trinajstić information content (AvgIpc) is 2.89. The average molecular weight is 332 g/mol. The first-order valence-electron chi connectivity index (χ1n) is 6.85. The summed E-state index contributed by atoms with van der Waals surface area (Å²) in [7, 11) is 1.68. The van der Waals surface area contributed by atoms with E-state index in [0.29, 0.717) is 5.75 Å². The molecule has 3 aromatic rings. The SMILES string of the molecule is COc1ccccc1CSCc1cc(=O)n2c(C)csc2n1. The number of methoxy groups -OCH3 is 1. The molecule has 0 atom stereocenters. The Morgan fingerprint density at radius 2 is 2.14 bits per heavy atom. The number of aryl methyl sites for hydroxylation is 1. The Hall–Kier alpha value is -1.79. The smallest absolute Gasteiger partial charge is 0.258 e. The van der Waals surface area contributed by atoms with Gasteiger partial charge in [0, 0.05) is 34.2 Å². The number of ether oxygens (including phenoxy) is 1. The molecule has 0 N–H and O–H groups in total. The minimum Gasteiger partial charge on any atom is -0.496 e. The summed E-state index contributed by atoms with van der Waals surface area (Å²) in [6.45, 7) is 1.92. The van der Waals surface area contributed by atoms with Gasteiger partial charge in [0.1, 0.15) is 5.75 Å². The van der Waals surface area contributed by atoms with Crippen LogP contribution >= 0.6 is 23.1 Å². The molecule has 0 aliphatic carbocycles. The molecule has 114 valence electrons. The predicted molar refractivity (Wildman–Crippen MR) is 92.1 cm³/mol. The van der Waals surface area contributed by atoms with E-state index >= 15 is 0 Å². The normalized spacial score (nSPS) is 11.0. The summed E-state index contributed by atoms with van der Waals surface area (Å²) in [6.07, 6.45) is 0. The Bertz CT molecular complexity index is 855. The number of fused-ring (bicyclic) bond motifs is 1. The van der Waals surface area contributed by atoms with Crippen LogP contribution in [0, 0.1) is 6.92 Å². The molecule has 1 aromatic carbocycles. The number of benzene rings is 1. The molecule has 4 nitrogen and oxygen atoms in total. The largest absolute Gasteiger partial charge is 0.496 e. The highest BCUT2D eigenvalue weighted by Crippen LogP contribution is 2.24. The zero-order valence-electron chi connectivity index (χ0n) is 12.4. The van der Waals surface area contributed by atoms with E-state index in [4.69, 9.17) is 4.74 Å². The second-order valence-electron chi connectivity index (χ2n) is 4.89. The lowest BCUT2D eigenvalue weighted by molar-refractivity contribution is 0.411. The van der Waals surface area contributed by atoms with E-state index in [1.807, 2.05) is 30.5 Å². The van der Waals surface area contributed by atoms with E-state index in [1.54, 1.807) is 29.3 Å². The van der Waals surface area contributed by atoms with E-state index in [2.05, 4.69) is 11.1 Å². The highest BCUT2D eigenvalue weighted by molar-refractivity contribution is 7.97. The van der Waals surface area contributed by atoms with Crippen molar-refractivity contribution in [1.29, 1.82) is 0 Å². The van der Waals surface area contributed by atoms with E-state index in [0.717, 1.165) is 33.4 Å². The van der Waals surface area contributed by atoms with Crippen LogP contribution in [0.5, 0.6) is 5.75 Å². The number of hydrogen-bond donors (Lipinski definition) is 0. The molecule has 0 aliphatic rings. The lowest BCUT2D eigenvalue weighted by Gasteiger charge is -2.07. The van der Waals surface area contributed by atoms with Gasteiger partial charge in [-0.05, 0) is 13.0 Å². The minimum absolute atomic E-state index is 0.00311. The van der Waals surface area contributed by atoms with Crippen LogP contribution in [0.25, 0.3) is 4.96 Å². The number of aromatic nitrogens is 2. The van der Waals surface area contributed by atoms with Gasteiger partial charge in [-0.1, -0.05) is 18.2 Å². The fraction of sp³-hybridized carbons (Fsp3) is 0.250. The number of thiazole rings is 1. The second-order valence-corrected chi connectivity index (χ2v) is 6.71. The van der Waals surface area contributed by atoms with Crippen molar-refractivity contribution >= 4 is 28.1 Å². The van der Waals surface area contributed by atoms with E-state index in [9.17, 15) is 4.79 Å².